The molecule has 29 heavy (non-hydrogen) atoms. The molecule has 0 saturated carbocycles. The maximum Gasteiger partial charge on any atom is 0.253 e. The monoisotopic (exact) mass is 390 g/mol. The lowest BCUT2D eigenvalue weighted by Gasteiger charge is -2.38. The molecule has 3 aliphatic rings. The van der Waals surface area contributed by atoms with Crippen molar-refractivity contribution in [1.29, 1.82) is 0 Å². The van der Waals surface area contributed by atoms with Gasteiger partial charge in [-0.05, 0) is 55.0 Å². The molecule has 1 saturated heterocycles. The van der Waals surface area contributed by atoms with Gasteiger partial charge in [0.05, 0.1) is 13.2 Å². The molecule has 1 aliphatic carbocycles. The molecule has 2 N–H and O–H groups in total. The second-order valence-electron chi connectivity index (χ2n) is 8.17. The number of likely N-dealkylation sites (tertiary alicyclic amines) is 1. The lowest BCUT2D eigenvalue weighted by molar-refractivity contribution is 0.0792. The summed E-state index contributed by atoms with van der Waals surface area (Å²) in [6.45, 7) is 1.72. The summed E-state index contributed by atoms with van der Waals surface area (Å²) in [6, 6.07) is 11.6. The van der Waals surface area contributed by atoms with Gasteiger partial charge in [-0.25, -0.2) is 0 Å². The SMILES string of the molecule is COc1cccc(C2Nc3ccc(C(=O)N4CCCC4)cc3C3C=CCC32)c1O. The van der Waals surface area contributed by atoms with Crippen molar-refractivity contribution < 1.29 is 14.6 Å². The molecule has 0 bridgehead atoms. The van der Waals surface area contributed by atoms with Crippen molar-refractivity contribution in [2.75, 3.05) is 25.5 Å². The molecule has 2 aromatic rings. The Kier molecular flexibility index (Phi) is 4.46. The van der Waals surface area contributed by atoms with Gasteiger partial charge >= 0.3 is 0 Å². The summed E-state index contributed by atoms with van der Waals surface area (Å²) in [5.74, 6) is 1.34. The lowest BCUT2D eigenvalue weighted by atomic mass is 9.76. The maximum atomic E-state index is 12.9. The molecule has 0 aromatic heterocycles. The minimum absolute atomic E-state index is 0.0160. The van der Waals surface area contributed by atoms with E-state index in [2.05, 4.69) is 23.5 Å². The van der Waals surface area contributed by atoms with Crippen LogP contribution < -0.4 is 10.1 Å². The Bertz CT molecular complexity index is 978. The number of rotatable bonds is 3. The number of ether oxygens (including phenoxy) is 1. The van der Waals surface area contributed by atoms with Crippen LogP contribution in [0.3, 0.4) is 0 Å². The highest BCUT2D eigenvalue weighted by Gasteiger charge is 2.39. The number of allylic oxidation sites excluding steroid dienone is 2. The quantitative estimate of drug-likeness (QED) is 0.760. The number of anilines is 1. The number of methoxy groups -OCH3 is 1. The minimum atomic E-state index is -0.0160. The molecule has 3 unspecified atom stereocenters. The van der Waals surface area contributed by atoms with Gasteiger partial charge in [-0.15, -0.1) is 0 Å². The van der Waals surface area contributed by atoms with E-state index in [1.807, 2.05) is 29.2 Å². The Labute approximate surface area is 171 Å². The highest BCUT2D eigenvalue weighted by molar-refractivity contribution is 5.95. The Balaban J connectivity index is 1.51. The molecule has 0 spiro atoms. The van der Waals surface area contributed by atoms with Crippen LogP contribution in [0.5, 0.6) is 11.5 Å². The van der Waals surface area contributed by atoms with Gasteiger partial charge in [0.15, 0.2) is 11.5 Å². The molecule has 2 aromatic carbocycles. The Morgan fingerprint density at radius 2 is 2.00 bits per heavy atom. The van der Waals surface area contributed by atoms with Crippen LogP contribution in [0.25, 0.3) is 0 Å². The van der Waals surface area contributed by atoms with E-state index in [0.29, 0.717) is 5.75 Å². The number of benzene rings is 2. The smallest absolute Gasteiger partial charge is 0.253 e. The van der Waals surface area contributed by atoms with Crippen LogP contribution in [0.15, 0.2) is 48.6 Å². The van der Waals surface area contributed by atoms with Crippen LogP contribution in [0.2, 0.25) is 0 Å². The second-order valence-corrected chi connectivity index (χ2v) is 8.17. The van der Waals surface area contributed by atoms with Gasteiger partial charge in [-0.2, -0.15) is 0 Å². The zero-order chi connectivity index (χ0) is 20.0. The number of phenolic OH excluding ortho intramolecular Hbond substituents is 1. The first-order valence-electron chi connectivity index (χ1n) is 10.4. The highest BCUT2D eigenvalue weighted by Crippen LogP contribution is 2.52. The highest BCUT2D eigenvalue weighted by atomic mass is 16.5. The number of fused-ring (bicyclic) bond motifs is 3. The molecule has 3 atom stereocenters. The fourth-order valence-electron chi connectivity index (χ4n) is 5.09. The molecule has 5 heteroatoms. The van der Waals surface area contributed by atoms with Gasteiger partial charge in [-0.1, -0.05) is 24.3 Å². The van der Waals surface area contributed by atoms with E-state index in [9.17, 15) is 9.90 Å². The number of phenols is 1. The number of hydrogen-bond donors (Lipinski definition) is 2. The average Bonchev–Trinajstić information content (AvgIpc) is 3.45. The molecule has 2 aliphatic heterocycles. The first-order valence-corrected chi connectivity index (χ1v) is 10.4. The molecule has 2 heterocycles. The van der Waals surface area contributed by atoms with Gasteiger partial charge in [0, 0.05) is 35.8 Å². The summed E-state index contributed by atoms with van der Waals surface area (Å²) in [5.41, 5.74) is 3.83. The van der Waals surface area contributed by atoms with Crippen LogP contribution in [0.4, 0.5) is 5.69 Å². The number of aromatic hydroxyl groups is 1. The molecule has 150 valence electrons. The number of nitrogens with one attached hydrogen (secondary N) is 1. The number of carbonyl (C=O) groups excluding carboxylic acids is 1. The first-order chi connectivity index (χ1) is 14.2. The lowest BCUT2D eigenvalue weighted by Crippen LogP contribution is -2.31. The summed E-state index contributed by atoms with van der Waals surface area (Å²) in [4.78, 5) is 14.8. The van der Waals surface area contributed by atoms with E-state index in [4.69, 9.17) is 4.74 Å². The average molecular weight is 390 g/mol. The fraction of sp³-hybridized carbons (Fsp3) is 0.375. The maximum absolute atomic E-state index is 12.9. The third-order valence-corrected chi connectivity index (χ3v) is 6.59. The van der Waals surface area contributed by atoms with Crippen LogP contribution in [-0.2, 0) is 0 Å². The van der Waals surface area contributed by atoms with Gasteiger partial charge < -0.3 is 20.1 Å². The first kappa shape index (κ1) is 18.1. The summed E-state index contributed by atoms with van der Waals surface area (Å²) in [6.07, 6.45) is 7.58. The molecule has 5 rings (SSSR count). The Morgan fingerprint density at radius 1 is 1.17 bits per heavy atom. The van der Waals surface area contributed by atoms with Crippen LogP contribution in [0.1, 0.15) is 52.7 Å². The van der Waals surface area contributed by atoms with Crippen molar-refractivity contribution in [2.24, 2.45) is 5.92 Å². The molecule has 1 fully saturated rings. The molecular formula is C24H26N2O3. The van der Waals surface area contributed by atoms with Crippen molar-refractivity contribution in [2.45, 2.75) is 31.2 Å². The minimum Gasteiger partial charge on any atom is -0.504 e. The summed E-state index contributed by atoms with van der Waals surface area (Å²) < 4.78 is 5.31. The van der Waals surface area contributed by atoms with E-state index in [1.165, 1.54) is 5.56 Å². The predicted octanol–water partition coefficient (Wildman–Crippen LogP) is 4.46. The van der Waals surface area contributed by atoms with Crippen molar-refractivity contribution in [1.82, 2.24) is 4.90 Å². The standard InChI is InChI=1S/C24H26N2O3/c1-29-21-9-5-8-18(23(21)27)22-17-7-4-6-16(17)19-14-15(10-11-20(19)25-22)24(28)26-12-2-3-13-26/h4-6,8-11,14,16-17,22,25,27H,2-3,7,12-13H2,1H3. The Hall–Kier alpha value is -2.95. The van der Waals surface area contributed by atoms with E-state index in [1.54, 1.807) is 13.2 Å². The normalized spacial score (nSPS) is 24.7. The second kappa shape index (κ2) is 7.14. The summed E-state index contributed by atoms with van der Waals surface area (Å²) in [7, 11) is 1.57. The van der Waals surface area contributed by atoms with Gasteiger partial charge in [0.25, 0.3) is 5.91 Å². The van der Waals surface area contributed by atoms with Crippen LogP contribution in [0, 0.1) is 5.92 Å². The van der Waals surface area contributed by atoms with Crippen molar-refractivity contribution >= 4 is 11.6 Å². The summed E-state index contributed by atoms with van der Waals surface area (Å²) in [5, 5.41) is 14.3. The third-order valence-electron chi connectivity index (χ3n) is 6.59. The van der Waals surface area contributed by atoms with Crippen LogP contribution in [-0.4, -0.2) is 36.1 Å². The predicted molar refractivity (Wildman–Crippen MR) is 113 cm³/mol. The Morgan fingerprint density at radius 3 is 2.79 bits per heavy atom. The topological polar surface area (TPSA) is 61.8 Å². The number of amides is 1. The largest absolute Gasteiger partial charge is 0.504 e. The van der Waals surface area contributed by atoms with E-state index < -0.39 is 0 Å². The van der Waals surface area contributed by atoms with E-state index in [-0.39, 0.29) is 29.5 Å². The molecule has 5 nitrogen and oxygen atoms in total. The van der Waals surface area contributed by atoms with Crippen molar-refractivity contribution in [3.63, 3.8) is 0 Å². The number of carbonyl (C=O) groups is 1. The zero-order valence-electron chi connectivity index (χ0n) is 16.6. The van der Waals surface area contributed by atoms with Crippen LogP contribution >= 0.6 is 0 Å². The van der Waals surface area contributed by atoms with E-state index >= 15 is 0 Å². The number of nitrogens with zero attached hydrogens (tertiary/aromatic N) is 1. The van der Waals surface area contributed by atoms with Crippen molar-refractivity contribution in [3.8, 4) is 11.5 Å². The molecular weight excluding hydrogens is 364 g/mol. The zero-order valence-corrected chi connectivity index (χ0v) is 16.6. The van der Waals surface area contributed by atoms with E-state index in [0.717, 1.165) is 49.2 Å². The molecule has 1 amide bonds. The third kappa shape index (κ3) is 2.96. The molecule has 0 radical (unpaired) electrons. The van der Waals surface area contributed by atoms with Crippen molar-refractivity contribution in [3.05, 3.63) is 65.2 Å². The fourth-order valence-corrected chi connectivity index (χ4v) is 5.09. The summed E-state index contributed by atoms with van der Waals surface area (Å²) >= 11 is 0. The van der Waals surface area contributed by atoms with Gasteiger partial charge in [0.1, 0.15) is 0 Å². The van der Waals surface area contributed by atoms with Gasteiger partial charge in [-0.3, -0.25) is 4.79 Å². The number of hydrogen-bond acceptors (Lipinski definition) is 4. The van der Waals surface area contributed by atoms with Gasteiger partial charge in [0.2, 0.25) is 0 Å². The number of para-hydroxylation sites is 1.